The van der Waals surface area contributed by atoms with Crippen LogP contribution in [0.2, 0.25) is 0 Å². The van der Waals surface area contributed by atoms with Crippen molar-refractivity contribution in [3.05, 3.63) is 23.8 Å². The number of ether oxygens (including phenoxy) is 2. The zero-order chi connectivity index (χ0) is 17.6. The molecule has 1 aliphatic rings. The van der Waals surface area contributed by atoms with Gasteiger partial charge in [0.1, 0.15) is 0 Å². The number of benzene rings is 1. The summed E-state index contributed by atoms with van der Waals surface area (Å²) in [6, 6.07) is 5.91. The largest absolute Gasteiger partial charge is 0.493 e. The van der Waals surface area contributed by atoms with Gasteiger partial charge in [-0.1, -0.05) is 6.07 Å². The smallest absolute Gasteiger partial charge is 0.314 e. The predicted molar refractivity (Wildman–Crippen MR) is 95.0 cm³/mol. The van der Waals surface area contributed by atoms with Gasteiger partial charge in [-0.3, -0.25) is 0 Å². The van der Waals surface area contributed by atoms with Crippen LogP contribution in [0.5, 0.6) is 11.5 Å². The maximum absolute atomic E-state index is 11.9. The Bertz CT molecular complexity index is 556. The normalized spacial score (nSPS) is 15.0. The van der Waals surface area contributed by atoms with E-state index in [0.29, 0.717) is 13.1 Å². The molecular weight excluding hydrogens is 306 g/mol. The van der Waals surface area contributed by atoms with E-state index < -0.39 is 0 Å². The molecule has 0 aromatic heterocycles. The number of rotatable bonds is 9. The van der Waals surface area contributed by atoms with Crippen LogP contribution in [-0.2, 0) is 5.41 Å². The van der Waals surface area contributed by atoms with E-state index >= 15 is 0 Å². The molecule has 0 heterocycles. The monoisotopic (exact) mass is 335 g/mol. The third kappa shape index (κ3) is 4.77. The zero-order valence-electron chi connectivity index (χ0n) is 15.1. The number of carbonyl (C=O) groups is 1. The highest BCUT2D eigenvalue weighted by molar-refractivity contribution is 5.74. The van der Waals surface area contributed by atoms with E-state index in [-0.39, 0.29) is 11.4 Å². The number of nitrogens with zero attached hydrogens (tertiary/aromatic N) is 1. The fourth-order valence-corrected chi connectivity index (χ4v) is 2.79. The fraction of sp³-hybridized carbons (Fsp3) is 0.611. The molecule has 1 aromatic rings. The third-order valence-corrected chi connectivity index (χ3v) is 4.50. The first-order valence-corrected chi connectivity index (χ1v) is 8.40. The number of urea groups is 1. The number of methoxy groups -OCH3 is 2. The summed E-state index contributed by atoms with van der Waals surface area (Å²) >= 11 is 0. The highest BCUT2D eigenvalue weighted by atomic mass is 16.5. The molecule has 0 spiro atoms. The van der Waals surface area contributed by atoms with Crippen LogP contribution in [-0.4, -0.2) is 58.9 Å². The molecule has 2 rings (SSSR count). The van der Waals surface area contributed by atoms with Gasteiger partial charge >= 0.3 is 6.03 Å². The molecule has 2 amide bonds. The van der Waals surface area contributed by atoms with E-state index in [1.54, 1.807) is 14.2 Å². The molecule has 0 unspecified atom stereocenters. The van der Waals surface area contributed by atoms with Crippen molar-refractivity contribution in [2.24, 2.45) is 0 Å². The van der Waals surface area contributed by atoms with E-state index in [9.17, 15) is 4.79 Å². The average molecular weight is 335 g/mol. The van der Waals surface area contributed by atoms with Crippen molar-refractivity contribution in [3.8, 4) is 11.5 Å². The highest BCUT2D eigenvalue weighted by Crippen LogP contribution is 2.49. The summed E-state index contributed by atoms with van der Waals surface area (Å²) in [7, 11) is 7.33. The zero-order valence-corrected chi connectivity index (χ0v) is 15.1. The summed E-state index contributed by atoms with van der Waals surface area (Å²) in [5.41, 5.74) is 1.22. The number of nitrogens with one attached hydrogen (secondary N) is 2. The van der Waals surface area contributed by atoms with E-state index in [0.717, 1.165) is 37.3 Å². The second kappa shape index (κ2) is 8.24. The molecule has 1 aliphatic carbocycles. The van der Waals surface area contributed by atoms with Crippen molar-refractivity contribution < 1.29 is 14.3 Å². The molecule has 1 fully saturated rings. The molecule has 1 aromatic carbocycles. The lowest BCUT2D eigenvalue weighted by molar-refractivity contribution is 0.239. The van der Waals surface area contributed by atoms with E-state index in [4.69, 9.17) is 9.47 Å². The summed E-state index contributed by atoms with van der Waals surface area (Å²) in [5.74, 6) is 1.46. The molecule has 6 heteroatoms. The molecule has 0 bridgehead atoms. The molecule has 0 atom stereocenters. The summed E-state index contributed by atoms with van der Waals surface area (Å²) in [5, 5.41) is 5.91. The number of hydrogen-bond acceptors (Lipinski definition) is 4. The first-order valence-electron chi connectivity index (χ1n) is 8.40. The third-order valence-electron chi connectivity index (χ3n) is 4.50. The van der Waals surface area contributed by atoms with Crippen molar-refractivity contribution in [2.75, 3.05) is 47.9 Å². The van der Waals surface area contributed by atoms with Gasteiger partial charge in [-0.2, -0.15) is 0 Å². The van der Waals surface area contributed by atoms with Crippen molar-refractivity contribution in [1.82, 2.24) is 15.5 Å². The van der Waals surface area contributed by atoms with Crippen LogP contribution >= 0.6 is 0 Å². The lowest BCUT2D eigenvalue weighted by Gasteiger charge is -2.19. The minimum atomic E-state index is -0.0968. The second-order valence-electron chi connectivity index (χ2n) is 6.62. The average Bonchev–Trinajstić information content (AvgIpc) is 3.37. The Morgan fingerprint density at radius 1 is 1.17 bits per heavy atom. The molecule has 134 valence electrons. The standard InChI is InChI=1S/C18H29N3O3/c1-21(2)11-5-10-19-17(22)20-13-18(8-9-18)14-6-7-15(23-3)16(12-14)24-4/h6-7,12H,5,8-11,13H2,1-4H3,(H2,19,20,22). The molecule has 0 aliphatic heterocycles. The van der Waals surface area contributed by atoms with Gasteiger partial charge < -0.3 is 25.0 Å². The van der Waals surface area contributed by atoms with Gasteiger partial charge in [0.15, 0.2) is 11.5 Å². The Morgan fingerprint density at radius 2 is 1.88 bits per heavy atom. The number of amides is 2. The summed E-state index contributed by atoms with van der Waals surface area (Å²) < 4.78 is 10.7. The first kappa shape index (κ1) is 18.4. The molecule has 1 saturated carbocycles. The number of carbonyl (C=O) groups excluding carboxylic acids is 1. The van der Waals surface area contributed by atoms with Crippen molar-refractivity contribution in [1.29, 1.82) is 0 Å². The van der Waals surface area contributed by atoms with Crippen LogP contribution in [0, 0.1) is 0 Å². The van der Waals surface area contributed by atoms with Gasteiger partial charge in [0, 0.05) is 18.5 Å². The maximum Gasteiger partial charge on any atom is 0.314 e. The Kier molecular flexibility index (Phi) is 6.31. The molecule has 2 N–H and O–H groups in total. The van der Waals surface area contributed by atoms with Crippen LogP contribution in [0.4, 0.5) is 4.79 Å². The van der Waals surface area contributed by atoms with Crippen molar-refractivity contribution in [3.63, 3.8) is 0 Å². The molecular formula is C18H29N3O3. The first-order chi connectivity index (χ1) is 11.5. The van der Waals surface area contributed by atoms with Crippen LogP contribution < -0.4 is 20.1 Å². The summed E-state index contributed by atoms with van der Waals surface area (Å²) in [6.07, 6.45) is 3.09. The van der Waals surface area contributed by atoms with Crippen LogP contribution in [0.1, 0.15) is 24.8 Å². The highest BCUT2D eigenvalue weighted by Gasteiger charge is 2.44. The molecule has 6 nitrogen and oxygen atoms in total. The van der Waals surface area contributed by atoms with E-state index in [1.165, 1.54) is 5.56 Å². The molecule has 24 heavy (non-hydrogen) atoms. The van der Waals surface area contributed by atoms with Crippen LogP contribution in [0.15, 0.2) is 18.2 Å². The van der Waals surface area contributed by atoms with Crippen molar-refractivity contribution >= 4 is 6.03 Å². The second-order valence-corrected chi connectivity index (χ2v) is 6.62. The van der Waals surface area contributed by atoms with Gasteiger partial charge in [-0.25, -0.2) is 4.79 Å². The lowest BCUT2D eigenvalue weighted by Crippen LogP contribution is -2.40. The SMILES string of the molecule is COc1ccc(C2(CNC(=O)NCCCN(C)C)CC2)cc1OC. The van der Waals surface area contributed by atoms with Gasteiger partial charge in [-0.05, 0) is 57.6 Å². The van der Waals surface area contributed by atoms with Gasteiger partial charge in [-0.15, -0.1) is 0 Å². The van der Waals surface area contributed by atoms with Gasteiger partial charge in [0.05, 0.1) is 14.2 Å². The van der Waals surface area contributed by atoms with Crippen LogP contribution in [0.25, 0.3) is 0 Å². The Morgan fingerprint density at radius 3 is 2.46 bits per heavy atom. The van der Waals surface area contributed by atoms with Gasteiger partial charge in [0.2, 0.25) is 0 Å². The maximum atomic E-state index is 11.9. The number of hydrogen-bond donors (Lipinski definition) is 2. The van der Waals surface area contributed by atoms with Crippen LogP contribution in [0.3, 0.4) is 0 Å². The van der Waals surface area contributed by atoms with Gasteiger partial charge in [0.25, 0.3) is 0 Å². The fourth-order valence-electron chi connectivity index (χ4n) is 2.79. The van der Waals surface area contributed by atoms with E-state index in [1.807, 2.05) is 26.2 Å². The Labute approximate surface area is 144 Å². The Balaban J connectivity index is 1.85. The minimum Gasteiger partial charge on any atom is -0.493 e. The van der Waals surface area contributed by atoms with Crippen molar-refractivity contribution in [2.45, 2.75) is 24.7 Å². The minimum absolute atomic E-state index is 0.0283. The summed E-state index contributed by atoms with van der Waals surface area (Å²) in [6.45, 7) is 2.30. The summed E-state index contributed by atoms with van der Waals surface area (Å²) in [4.78, 5) is 14.0. The lowest BCUT2D eigenvalue weighted by atomic mass is 9.95. The Hall–Kier alpha value is -1.95. The molecule has 0 radical (unpaired) electrons. The molecule has 0 saturated heterocycles. The van der Waals surface area contributed by atoms with E-state index in [2.05, 4.69) is 21.6 Å². The quantitative estimate of drug-likeness (QED) is 0.678. The predicted octanol–water partition coefficient (Wildman–Crippen LogP) is 1.99. The topological polar surface area (TPSA) is 62.8 Å².